The van der Waals surface area contributed by atoms with Crippen LogP contribution in [0.25, 0.3) is 0 Å². The van der Waals surface area contributed by atoms with Gasteiger partial charge in [-0.05, 0) is 31.5 Å². The molecule has 0 saturated carbocycles. The van der Waals surface area contributed by atoms with Gasteiger partial charge in [0.15, 0.2) is 5.96 Å². The Morgan fingerprint density at radius 1 is 1.25 bits per heavy atom. The molecule has 0 saturated heterocycles. The zero-order valence-corrected chi connectivity index (χ0v) is 16.7. The number of hydrogen-bond acceptors (Lipinski definition) is 3. The van der Waals surface area contributed by atoms with Crippen LogP contribution in [0.2, 0.25) is 0 Å². The molecular formula is C17H24FIN4O. The summed E-state index contributed by atoms with van der Waals surface area (Å²) in [7, 11) is 1.72. The van der Waals surface area contributed by atoms with Crippen LogP contribution in [-0.2, 0) is 6.54 Å². The van der Waals surface area contributed by atoms with Gasteiger partial charge in [-0.2, -0.15) is 0 Å². The van der Waals surface area contributed by atoms with Gasteiger partial charge in [0.2, 0.25) is 0 Å². The Hall–Kier alpha value is -1.64. The summed E-state index contributed by atoms with van der Waals surface area (Å²) in [5, 5.41) is 10.5. The fraction of sp³-hybridized carbons (Fsp3) is 0.412. The van der Waals surface area contributed by atoms with Gasteiger partial charge in [-0.25, -0.2) is 4.39 Å². The third kappa shape index (κ3) is 5.47. The Morgan fingerprint density at radius 3 is 2.46 bits per heavy atom. The van der Waals surface area contributed by atoms with Crippen molar-refractivity contribution in [2.75, 3.05) is 13.6 Å². The van der Waals surface area contributed by atoms with Gasteiger partial charge in [0.05, 0.1) is 5.69 Å². The predicted molar refractivity (Wildman–Crippen MR) is 104 cm³/mol. The highest BCUT2D eigenvalue weighted by Crippen LogP contribution is 2.22. The van der Waals surface area contributed by atoms with Gasteiger partial charge in [-0.15, -0.1) is 24.0 Å². The van der Waals surface area contributed by atoms with Crippen LogP contribution in [0.3, 0.4) is 0 Å². The quantitative estimate of drug-likeness (QED) is 0.419. The van der Waals surface area contributed by atoms with Crippen molar-refractivity contribution in [3.8, 4) is 0 Å². The number of halogens is 2. The molecule has 1 aromatic heterocycles. The predicted octanol–water partition coefficient (Wildman–Crippen LogP) is 3.52. The average Bonchev–Trinajstić information content (AvgIpc) is 2.88. The van der Waals surface area contributed by atoms with Crippen LogP contribution in [0.15, 0.2) is 33.8 Å². The zero-order chi connectivity index (χ0) is 16.8. The maximum atomic E-state index is 12.9. The monoisotopic (exact) mass is 446 g/mol. The molecule has 1 unspecified atom stereocenters. The van der Waals surface area contributed by atoms with Gasteiger partial charge in [-0.1, -0.05) is 24.2 Å². The fourth-order valence-electron chi connectivity index (χ4n) is 2.55. The summed E-state index contributed by atoms with van der Waals surface area (Å²) in [4.78, 5) is 4.20. The molecule has 0 amide bonds. The van der Waals surface area contributed by atoms with E-state index in [-0.39, 0.29) is 35.7 Å². The minimum Gasteiger partial charge on any atom is -0.361 e. The number of rotatable bonds is 5. The van der Waals surface area contributed by atoms with Crippen LogP contribution in [-0.4, -0.2) is 24.7 Å². The first-order chi connectivity index (χ1) is 11.0. The Kier molecular flexibility index (Phi) is 8.17. The Labute approximate surface area is 159 Å². The molecule has 1 atom stereocenters. The van der Waals surface area contributed by atoms with E-state index in [1.54, 1.807) is 19.2 Å². The molecule has 0 bridgehead atoms. The lowest BCUT2D eigenvalue weighted by atomic mass is 10.00. The highest BCUT2D eigenvalue weighted by atomic mass is 127. The van der Waals surface area contributed by atoms with Crippen LogP contribution in [0.4, 0.5) is 4.39 Å². The first kappa shape index (κ1) is 20.4. The van der Waals surface area contributed by atoms with Gasteiger partial charge >= 0.3 is 0 Å². The summed E-state index contributed by atoms with van der Waals surface area (Å²) in [6.07, 6.45) is 0. The number of benzene rings is 1. The maximum absolute atomic E-state index is 12.9. The van der Waals surface area contributed by atoms with Gasteiger partial charge in [-0.3, -0.25) is 4.99 Å². The Balaban J connectivity index is 0.00000288. The number of hydrogen-bond donors (Lipinski definition) is 2. The van der Waals surface area contributed by atoms with E-state index in [9.17, 15) is 4.39 Å². The summed E-state index contributed by atoms with van der Waals surface area (Å²) in [6.45, 7) is 7.29. The molecular weight excluding hydrogens is 422 g/mol. The summed E-state index contributed by atoms with van der Waals surface area (Å²) < 4.78 is 18.1. The largest absolute Gasteiger partial charge is 0.361 e. The first-order valence-corrected chi connectivity index (χ1v) is 7.63. The molecule has 0 aliphatic carbocycles. The molecule has 0 spiro atoms. The molecule has 7 heteroatoms. The van der Waals surface area contributed by atoms with E-state index in [4.69, 9.17) is 4.52 Å². The highest BCUT2D eigenvalue weighted by molar-refractivity contribution is 14.0. The van der Waals surface area contributed by atoms with Crippen molar-refractivity contribution in [1.82, 2.24) is 15.8 Å². The van der Waals surface area contributed by atoms with E-state index in [0.29, 0.717) is 19.0 Å². The van der Waals surface area contributed by atoms with E-state index >= 15 is 0 Å². The van der Waals surface area contributed by atoms with E-state index in [1.165, 1.54) is 12.1 Å². The fourth-order valence-corrected chi connectivity index (χ4v) is 2.55. The van der Waals surface area contributed by atoms with Crippen LogP contribution >= 0.6 is 24.0 Å². The molecule has 5 nitrogen and oxygen atoms in total. The first-order valence-electron chi connectivity index (χ1n) is 7.63. The third-order valence-corrected chi connectivity index (χ3v) is 3.75. The SMILES string of the molecule is CN=C(NCc1ccc(F)cc1)NCC(C)c1c(C)noc1C.I. The van der Waals surface area contributed by atoms with Gasteiger partial charge in [0.25, 0.3) is 0 Å². The molecule has 2 rings (SSSR count). The standard InChI is InChI=1S/C17H23FN4O.HI/c1-11(16-12(2)22-23-13(16)3)9-20-17(19-4)21-10-14-5-7-15(18)8-6-14;/h5-8,11H,9-10H2,1-4H3,(H2,19,20,21);1H. The molecule has 2 aromatic rings. The molecule has 0 fully saturated rings. The molecule has 0 aliphatic rings. The summed E-state index contributed by atoms with van der Waals surface area (Å²) in [6, 6.07) is 6.41. The number of aromatic nitrogens is 1. The van der Waals surface area contributed by atoms with Crippen molar-refractivity contribution in [3.05, 3.63) is 52.7 Å². The summed E-state index contributed by atoms with van der Waals surface area (Å²) >= 11 is 0. The normalized spacial score (nSPS) is 12.5. The molecule has 24 heavy (non-hydrogen) atoms. The second kappa shape index (κ2) is 9.61. The van der Waals surface area contributed by atoms with Crippen molar-refractivity contribution < 1.29 is 8.91 Å². The Morgan fingerprint density at radius 2 is 1.92 bits per heavy atom. The zero-order valence-electron chi connectivity index (χ0n) is 14.4. The lowest BCUT2D eigenvalue weighted by Crippen LogP contribution is -2.38. The summed E-state index contributed by atoms with van der Waals surface area (Å²) in [5.41, 5.74) is 3.05. The number of nitrogens with zero attached hydrogens (tertiary/aromatic N) is 2. The highest BCUT2D eigenvalue weighted by Gasteiger charge is 2.16. The minimum atomic E-state index is -0.232. The van der Waals surface area contributed by atoms with Gasteiger partial charge < -0.3 is 15.2 Å². The van der Waals surface area contributed by atoms with Crippen molar-refractivity contribution >= 4 is 29.9 Å². The second-order valence-electron chi connectivity index (χ2n) is 5.57. The molecule has 0 aliphatic heterocycles. The molecule has 1 heterocycles. The molecule has 2 N–H and O–H groups in total. The van der Waals surface area contributed by atoms with Gasteiger partial charge in [0, 0.05) is 31.6 Å². The molecule has 0 radical (unpaired) electrons. The second-order valence-corrected chi connectivity index (χ2v) is 5.57. The maximum Gasteiger partial charge on any atom is 0.191 e. The van der Waals surface area contributed by atoms with Crippen molar-refractivity contribution in [1.29, 1.82) is 0 Å². The lowest BCUT2D eigenvalue weighted by molar-refractivity contribution is 0.391. The van der Waals surface area contributed by atoms with E-state index in [2.05, 4.69) is 27.7 Å². The van der Waals surface area contributed by atoms with E-state index < -0.39 is 0 Å². The average molecular weight is 446 g/mol. The smallest absolute Gasteiger partial charge is 0.191 e. The van der Waals surface area contributed by atoms with Crippen LogP contribution in [0, 0.1) is 19.7 Å². The van der Waals surface area contributed by atoms with E-state index in [0.717, 1.165) is 22.6 Å². The number of nitrogens with one attached hydrogen (secondary N) is 2. The van der Waals surface area contributed by atoms with E-state index in [1.807, 2.05) is 13.8 Å². The molecule has 132 valence electrons. The Bertz CT molecular complexity index is 650. The van der Waals surface area contributed by atoms with Gasteiger partial charge in [0.1, 0.15) is 11.6 Å². The number of aryl methyl sites for hydroxylation is 2. The van der Waals surface area contributed by atoms with Crippen LogP contribution < -0.4 is 10.6 Å². The molecule has 1 aromatic carbocycles. The number of guanidine groups is 1. The van der Waals surface area contributed by atoms with Crippen molar-refractivity contribution in [3.63, 3.8) is 0 Å². The minimum absolute atomic E-state index is 0. The van der Waals surface area contributed by atoms with Crippen molar-refractivity contribution in [2.45, 2.75) is 33.2 Å². The van der Waals surface area contributed by atoms with Crippen molar-refractivity contribution in [2.24, 2.45) is 4.99 Å². The topological polar surface area (TPSA) is 62.5 Å². The third-order valence-electron chi connectivity index (χ3n) is 3.75. The van der Waals surface area contributed by atoms with Crippen LogP contribution in [0.5, 0.6) is 0 Å². The number of aliphatic imine (C=N–C) groups is 1. The summed E-state index contributed by atoms with van der Waals surface area (Å²) in [5.74, 6) is 1.58. The lowest BCUT2D eigenvalue weighted by Gasteiger charge is -2.16. The van der Waals surface area contributed by atoms with Crippen LogP contribution in [0.1, 0.15) is 35.4 Å².